The molecule has 1 radical (unpaired) electrons. The average molecular weight is 85.8 g/mol. The molecule has 0 unspecified atom stereocenters. The second-order valence-electron chi connectivity index (χ2n) is 0.382. The van der Waals surface area contributed by atoms with Crippen molar-refractivity contribution >= 4 is 7.69 Å². The van der Waals surface area contributed by atoms with E-state index < -0.39 is 0 Å². The molecule has 0 aromatic carbocycles. The van der Waals surface area contributed by atoms with Gasteiger partial charge in [0.25, 0.3) is 0 Å². The molecule has 0 aliphatic rings. The summed E-state index contributed by atoms with van der Waals surface area (Å²) in [6, 6.07) is 0. The molecule has 0 rings (SSSR count). The highest BCUT2D eigenvalue weighted by Crippen LogP contribution is 1.65. The predicted octanol–water partition coefficient (Wildman–Crippen LogP) is -0.245. The molecule has 0 aliphatic carbocycles. The Hall–Kier alpha value is -0.865. The summed E-state index contributed by atoms with van der Waals surface area (Å²) in [7, 11) is 0.291. The first kappa shape index (κ1) is 5.13. The second kappa shape index (κ2) is 4.13. The monoisotopic (exact) mass is 86.0 g/mol. The quantitative estimate of drug-likeness (QED) is 0.165. The Morgan fingerprint density at radius 2 is 2.67 bits per heavy atom. The van der Waals surface area contributed by atoms with Crippen LogP contribution in [0.25, 0.3) is 10.4 Å². The van der Waals surface area contributed by atoms with Crippen molar-refractivity contribution in [2.75, 3.05) is 0 Å². The van der Waals surface area contributed by atoms with Gasteiger partial charge in [-0.15, -0.1) is 0 Å². The molecule has 0 atom stereocenters. The summed E-state index contributed by atoms with van der Waals surface area (Å²) >= 11 is 0. The number of rotatable bonds is 2. The van der Waals surface area contributed by atoms with Gasteiger partial charge in [-0.25, -0.2) is 0 Å². The Bertz CT molecular complexity index is 65.2. The van der Waals surface area contributed by atoms with Gasteiger partial charge in [-0.2, -0.15) is 0 Å². The highest BCUT2D eigenvalue weighted by Gasteiger charge is 1.74. The van der Waals surface area contributed by atoms with Gasteiger partial charge in [-0.05, 0) is 5.53 Å². The van der Waals surface area contributed by atoms with Crippen molar-refractivity contribution in [3.63, 3.8) is 0 Å². The molecule has 0 amide bonds. The Kier molecular flexibility index (Phi) is 3.54. The van der Waals surface area contributed by atoms with Gasteiger partial charge in [0, 0.05) is 4.91 Å². The van der Waals surface area contributed by atoms with Crippen LogP contribution in [-0.2, 0) is 4.76 Å². The van der Waals surface area contributed by atoms with Gasteiger partial charge in [0.1, 0.15) is 0 Å². The Labute approximate surface area is 34.4 Å². The van der Waals surface area contributed by atoms with Crippen molar-refractivity contribution in [1.82, 2.24) is 0 Å². The lowest BCUT2D eigenvalue weighted by Gasteiger charge is -1.76. The van der Waals surface area contributed by atoms with Gasteiger partial charge in [0.15, 0.2) is 0 Å². The van der Waals surface area contributed by atoms with E-state index in [4.69, 9.17) is 10.6 Å². The van der Waals surface area contributed by atoms with E-state index in [1.807, 2.05) is 0 Å². The number of hydrogen-bond donors (Lipinski definition) is 1. The van der Waals surface area contributed by atoms with Crippen molar-refractivity contribution in [2.45, 2.75) is 0 Å². The van der Waals surface area contributed by atoms with Crippen molar-refractivity contribution in [3.05, 3.63) is 10.4 Å². The summed E-state index contributed by atoms with van der Waals surface area (Å²) < 4.78 is 3.62. The molecular formula is HBN3O2. The van der Waals surface area contributed by atoms with E-state index in [-0.39, 0.29) is 0 Å². The van der Waals surface area contributed by atoms with Gasteiger partial charge in [-0.3, -0.25) is 0 Å². The summed E-state index contributed by atoms with van der Waals surface area (Å²) in [5.74, 6) is 0. The van der Waals surface area contributed by atoms with E-state index in [0.29, 0.717) is 7.69 Å². The molecule has 6 heavy (non-hydrogen) atoms. The zero-order valence-electron chi connectivity index (χ0n) is 2.77. The highest BCUT2D eigenvalue weighted by atomic mass is 16.6. The van der Waals surface area contributed by atoms with Crippen LogP contribution in [0.15, 0.2) is 5.28 Å². The molecule has 0 spiro atoms. The number of azide groups is 1. The van der Waals surface area contributed by atoms with E-state index in [1.165, 1.54) is 0 Å². The van der Waals surface area contributed by atoms with Crippen LogP contribution in [0.3, 0.4) is 0 Å². The van der Waals surface area contributed by atoms with Gasteiger partial charge >= 0.3 is 7.69 Å². The van der Waals surface area contributed by atoms with Crippen LogP contribution < -0.4 is 0 Å². The molecule has 0 bridgehead atoms. The minimum atomic E-state index is 0.291. The summed E-state index contributed by atoms with van der Waals surface area (Å²) in [5, 5.41) is 10.1. The summed E-state index contributed by atoms with van der Waals surface area (Å²) in [5.41, 5.74) is 7.40. The van der Waals surface area contributed by atoms with E-state index >= 15 is 0 Å². The van der Waals surface area contributed by atoms with Crippen LogP contribution in [0.2, 0.25) is 0 Å². The molecule has 6 heteroatoms. The highest BCUT2D eigenvalue weighted by molar-refractivity contribution is 6.15. The Morgan fingerprint density at radius 3 is 2.83 bits per heavy atom. The first-order chi connectivity index (χ1) is 2.91. The van der Waals surface area contributed by atoms with Crippen LogP contribution in [0.1, 0.15) is 0 Å². The maximum atomic E-state index is 7.59. The maximum Gasteiger partial charge on any atom is 0.575 e. The molecule has 0 aromatic rings. The van der Waals surface area contributed by atoms with Crippen LogP contribution in [0, 0.1) is 0 Å². The third-order valence-corrected chi connectivity index (χ3v) is 0.131. The van der Waals surface area contributed by atoms with E-state index in [2.05, 4.69) is 14.9 Å². The van der Waals surface area contributed by atoms with E-state index in [1.54, 1.807) is 0 Å². The third kappa shape index (κ3) is 3.13. The maximum absolute atomic E-state index is 7.59. The van der Waals surface area contributed by atoms with Crippen molar-refractivity contribution in [3.8, 4) is 0 Å². The SMILES string of the molecule is [N-]=[N+]=NO[B]O. The second-order valence-corrected chi connectivity index (χ2v) is 0.382. The molecule has 0 aromatic heterocycles. The standard InChI is InChI=1S/BHN3O2/c2-3-4-6-1-5/h5H. The third-order valence-electron chi connectivity index (χ3n) is 0.131. The van der Waals surface area contributed by atoms with Gasteiger partial charge < -0.3 is 9.78 Å². The molecule has 5 nitrogen and oxygen atoms in total. The first-order valence-electron chi connectivity index (χ1n) is 1.08. The molecule has 0 heterocycles. The smallest absolute Gasteiger partial charge is 0.476 e. The lowest BCUT2D eigenvalue weighted by atomic mass is 10.4. The molecule has 0 saturated heterocycles. The van der Waals surface area contributed by atoms with Crippen molar-refractivity contribution < 1.29 is 9.78 Å². The molecule has 0 saturated carbocycles. The number of hydrogen-bond acceptors (Lipinski definition) is 3. The van der Waals surface area contributed by atoms with Crippen LogP contribution >= 0.6 is 0 Å². The number of nitrogens with zero attached hydrogens (tertiary/aromatic N) is 3. The van der Waals surface area contributed by atoms with E-state index in [0.717, 1.165) is 0 Å². The molecule has 0 aliphatic heterocycles. The first-order valence-corrected chi connectivity index (χ1v) is 1.08. The summed E-state index contributed by atoms with van der Waals surface area (Å²) in [6.45, 7) is 0. The molecule has 1 N–H and O–H groups in total. The largest absolute Gasteiger partial charge is 0.575 e. The fraction of sp³-hybridized carbons (Fsp3) is 0. The zero-order valence-corrected chi connectivity index (χ0v) is 2.77. The topological polar surface area (TPSA) is 78.2 Å². The Morgan fingerprint density at radius 1 is 2.00 bits per heavy atom. The van der Waals surface area contributed by atoms with Crippen LogP contribution in [-0.4, -0.2) is 12.7 Å². The zero-order chi connectivity index (χ0) is 4.83. The fourth-order valence-electron chi connectivity index (χ4n) is 0.0422. The van der Waals surface area contributed by atoms with Gasteiger partial charge in [0.2, 0.25) is 0 Å². The lowest BCUT2D eigenvalue weighted by molar-refractivity contribution is 0.295. The Balaban J connectivity index is 2.86. The lowest BCUT2D eigenvalue weighted by Crippen LogP contribution is -1.85. The van der Waals surface area contributed by atoms with Crippen molar-refractivity contribution in [2.24, 2.45) is 5.28 Å². The van der Waals surface area contributed by atoms with Crippen molar-refractivity contribution in [1.29, 1.82) is 0 Å². The predicted molar refractivity (Wildman–Crippen MR) is 18.2 cm³/mol. The van der Waals surface area contributed by atoms with Crippen LogP contribution in [0.5, 0.6) is 0 Å². The fourth-order valence-corrected chi connectivity index (χ4v) is 0.0422. The molecule has 31 valence electrons. The van der Waals surface area contributed by atoms with E-state index in [9.17, 15) is 0 Å². The minimum absolute atomic E-state index is 0.291. The minimum Gasteiger partial charge on any atom is -0.476 e. The van der Waals surface area contributed by atoms with Crippen LogP contribution in [0.4, 0.5) is 0 Å². The summed E-state index contributed by atoms with van der Waals surface area (Å²) in [6.07, 6.45) is 0. The average Bonchev–Trinajstić information content (AvgIpc) is 1.61. The normalized spacial score (nSPS) is 5.50. The van der Waals surface area contributed by atoms with Gasteiger partial charge in [0.05, 0.1) is 5.28 Å². The molecule has 0 fully saturated rings. The van der Waals surface area contributed by atoms with Gasteiger partial charge in [-0.1, -0.05) is 0 Å². The summed E-state index contributed by atoms with van der Waals surface area (Å²) in [4.78, 5) is 2.14. The molecular weight excluding hydrogens is 84.8 g/mol.